The average molecular weight is 755 g/mol. The molecule has 0 N–H and O–H groups in total. The molecule has 0 saturated heterocycles. The summed E-state index contributed by atoms with van der Waals surface area (Å²) < 4.78 is 6.43. The zero-order chi connectivity index (χ0) is 40.0. The number of para-hydroxylation sites is 1. The van der Waals surface area contributed by atoms with Crippen molar-refractivity contribution in [3.63, 3.8) is 0 Å². The standard InChI is InChI=1S/C54H51BN2O/c1-32(2)36-16-21-40(22-17-36)56-48-26-19-37(33(3)4)28-46(48)55-47-29-38(34(5)6)20-27-49(47)57(51-14-11-13-50(56)54(51)55)41-23-25-42(35(7)8)45(31-41)39-18-24-44-43-12-9-10-15-52(43)58-53(44)30-39/h9-35H,1-8H3. The molecule has 3 nitrogen and oxygen atoms in total. The van der Waals surface area contributed by atoms with E-state index in [1.807, 2.05) is 6.07 Å². The van der Waals surface area contributed by atoms with Gasteiger partial charge in [0.25, 0.3) is 6.71 Å². The van der Waals surface area contributed by atoms with Crippen LogP contribution in [0.1, 0.15) is 101 Å². The summed E-state index contributed by atoms with van der Waals surface area (Å²) in [5.74, 6) is 1.63. The molecule has 286 valence electrons. The zero-order valence-corrected chi connectivity index (χ0v) is 35.0. The first-order chi connectivity index (χ1) is 28.1. The number of furan rings is 1. The van der Waals surface area contributed by atoms with E-state index in [-0.39, 0.29) is 6.71 Å². The highest BCUT2D eigenvalue weighted by Gasteiger charge is 2.43. The Morgan fingerprint density at radius 2 is 1.00 bits per heavy atom. The van der Waals surface area contributed by atoms with Gasteiger partial charge in [0.2, 0.25) is 0 Å². The maximum Gasteiger partial charge on any atom is 0.252 e. The topological polar surface area (TPSA) is 19.6 Å². The summed E-state index contributed by atoms with van der Waals surface area (Å²) in [6.45, 7) is 18.5. The van der Waals surface area contributed by atoms with Gasteiger partial charge in [0.05, 0.1) is 0 Å². The maximum absolute atomic E-state index is 6.43. The quantitative estimate of drug-likeness (QED) is 0.151. The molecule has 1 aromatic heterocycles. The van der Waals surface area contributed by atoms with Gasteiger partial charge in [-0.2, -0.15) is 0 Å². The number of anilines is 6. The fourth-order valence-corrected chi connectivity index (χ4v) is 9.59. The summed E-state index contributed by atoms with van der Waals surface area (Å²) in [6.07, 6.45) is 0. The van der Waals surface area contributed by atoms with Crippen LogP contribution in [0.4, 0.5) is 34.1 Å². The van der Waals surface area contributed by atoms with Crippen LogP contribution in [0.5, 0.6) is 0 Å². The minimum absolute atomic E-state index is 0.0842. The minimum atomic E-state index is 0.0842. The Morgan fingerprint density at radius 3 is 1.62 bits per heavy atom. The molecule has 7 aromatic carbocycles. The van der Waals surface area contributed by atoms with Crippen LogP contribution in [0.3, 0.4) is 0 Å². The Kier molecular flexibility index (Phi) is 8.67. The van der Waals surface area contributed by atoms with Gasteiger partial charge in [0, 0.05) is 44.9 Å². The number of benzene rings is 7. The van der Waals surface area contributed by atoms with E-state index < -0.39 is 0 Å². The van der Waals surface area contributed by atoms with Crippen molar-refractivity contribution >= 4 is 79.2 Å². The van der Waals surface area contributed by atoms with Gasteiger partial charge in [-0.25, -0.2) is 0 Å². The summed E-state index contributed by atoms with van der Waals surface area (Å²) in [6, 6.07) is 52.9. The number of hydrogen-bond acceptors (Lipinski definition) is 3. The molecule has 2 aliphatic heterocycles. The van der Waals surface area contributed by atoms with Crippen molar-refractivity contribution < 1.29 is 4.42 Å². The van der Waals surface area contributed by atoms with Crippen LogP contribution < -0.4 is 26.2 Å². The number of hydrogen-bond donors (Lipinski definition) is 0. The molecule has 0 spiro atoms. The van der Waals surface area contributed by atoms with Crippen molar-refractivity contribution in [2.24, 2.45) is 0 Å². The van der Waals surface area contributed by atoms with E-state index >= 15 is 0 Å². The van der Waals surface area contributed by atoms with Gasteiger partial charge < -0.3 is 14.2 Å². The summed E-state index contributed by atoms with van der Waals surface area (Å²) >= 11 is 0. The average Bonchev–Trinajstić information content (AvgIpc) is 3.61. The van der Waals surface area contributed by atoms with Crippen LogP contribution in [0, 0.1) is 0 Å². The van der Waals surface area contributed by atoms with E-state index in [9.17, 15) is 0 Å². The fraction of sp³-hybridized carbons (Fsp3) is 0.222. The van der Waals surface area contributed by atoms with Gasteiger partial charge in [0.1, 0.15) is 11.2 Å². The molecule has 0 amide bonds. The van der Waals surface area contributed by atoms with E-state index in [4.69, 9.17) is 4.42 Å². The van der Waals surface area contributed by atoms with E-state index in [2.05, 4.69) is 199 Å². The van der Waals surface area contributed by atoms with Crippen molar-refractivity contribution in [3.8, 4) is 11.1 Å². The highest BCUT2D eigenvalue weighted by Crippen LogP contribution is 2.46. The molecule has 3 heterocycles. The molecule has 0 atom stereocenters. The van der Waals surface area contributed by atoms with E-state index in [1.54, 1.807) is 0 Å². The monoisotopic (exact) mass is 754 g/mol. The van der Waals surface area contributed by atoms with Crippen LogP contribution >= 0.6 is 0 Å². The number of fused-ring (bicyclic) bond motifs is 7. The largest absolute Gasteiger partial charge is 0.456 e. The van der Waals surface area contributed by atoms with Crippen LogP contribution in [0.15, 0.2) is 144 Å². The highest BCUT2D eigenvalue weighted by molar-refractivity contribution is 7.00. The lowest BCUT2D eigenvalue weighted by Gasteiger charge is -2.44. The van der Waals surface area contributed by atoms with Gasteiger partial charge in [-0.05, 0) is 140 Å². The molecule has 0 radical (unpaired) electrons. The lowest BCUT2D eigenvalue weighted by atomic mass is 9.33. The number of rotatable bonds is 7. The summed E-state index contributed by atoms with van der Waals surface area (Å²) in [5, 5.41) is 2.31. The first-order valence-corrected chi connectivity index (χ1v) is 21.2. The summed E-state index contributed by atoms with van der Waals surface area (Å²) in [4.78, 5) is 5.06. The number of nitrogens with zero attached hydrogens (tertiary/aromatic N) is 2. The lowest BCUT2D eigenvalue weighted by molar-refractivity contribution is 0.669. The summed E-state index contributed by atoms with van der Waals surface area (Å²) in [7, 11) is 0. The predicted octanol–water partition coefficient (Wildman–Crippen LogP) is 13.8. The molecule has 0 aliphatic carbocycles. The third kappa shape index (κ3) is 5.71. The Hall–Kier alpha value is -6.00. The van der Waals surface area contributed by atoms with Crippen LogP contribution in [-0.2, 0) is 0 Å². The first-order valence-electron chi connectivity index (χ1n) is 21.2. The smallest absolute Gasteiger partial charge is 0.252 e. The molecular formula is C54H51BN2O. The second kappa shape index (κ2) is 13.8. The molecule has 58 heavy (non-hydrogen) atoms. The fourth-order valence-electron chi connectivity index (χ4n) is 9.59. The molecule has 0 fully saturated rings. The second-order valence-corrected chi connectivity index (χ2v) is 17.7. The van der Waals surface area contributed by atoms with Crippen molar-refractivity contribution in [2.75, 3.05) is 9.80 Å². The third-order valence-electron chi connectivity index (χ3n) is 12.8. The second-order valence-electron chi connectivity index (χ2n) is 17.7. The van der Waals surface area contributed by atoms with Gasteiger partial charge in [-0.1, -0.05) is 128 Å². The highest BCUT2D eigenvalue weighted by atomic mass is 16.3. The van der Waals surface area contributed by atoms with Crippen LogP contribution in [-0.4, -0.2) is 6.71 Å². The Bertz CT molecular complexity index is 2880. The van der Waals surface area contributed by atoms with Crippen molar-refractivity contribution in [1.29, 1.82) is 0 Å². The van der Waals surface area contributed by atoms with Gasteiger partial charge >= 0.3 is 0 Å². The lowest BCUT2D eigenvalue weighted by Crippen LogP contribution is -2.61. The van der Waals surface area contributed by atoms with E-state index in [0.29, 0.717) is 23.7 Å². The van der Waals surface area contributed by atoms with Gasteiger partial charge in [0.15, 0.2) is 0 Å². The SMILES string of the molecule is CC(C)c1ccc(N2c3ccc(C(C)C)cc3B3c4cc(C(C)C)ccc4N(c4ccc(C(C)C)c(-c5ccc6c(c5)oc5ccccc56)c4)c4cccc2c43)cc1. The normalized spacial score (nSPS) is 13.3. The minimum Gasteiger partial charge on any atom is -0.456 e. The van der Waals surface area contributed by atoms with Crippen molar-refractivity contribution in [1.82, 2.24) is 0 Å². The van der Waals surface area contributed by atoms with Gasteiger partial charge in [-0.15, -0.1) is 0 Å². The predicted molar refractivity (Wildman–Crippen MR) is 250 cm³/mol. The Labute approximate surface area is 344 Å². The summed E-state index contributed by atoms with van der Waals surface area (Å²) in [5.41, 5.74) is 21.1. The molecule has 10 rings (SSSR count). The van der Waals surface area contributed by atoms with Crippen LogP contribution in [0.2, 0.25) is 0 Å². The van der Waals surface area contributed by atoms with Crippen molar-refractivity contribution in [2.45, 2.75) is 79.1 Å². The molecule has 2 aliphatic rings. The zero-order valence-electron chi connectivity index (χ0n) is 35.0. The maximum atomic E-state index is 6.43. The molecule has 0 bridgehead atoms. The third-order valence-corrected chi connectivity index (χ3v) is 12.8. The van der Waals surface area contributed by atoms with Crippen molar-refractivity contribution in [3.05, 3.63) is 162 Å². The van der Waals surface area contributed by atoms with Crippen LogP contribution in [0.25, 0.3) is 33.1 Å². The Morgan fingerprint density at radius 1 is 0.431 bits per heavy atom. The molecule has 4 heteroatoms. The van der Waals surface area contributed by atoms with Gasteiger partial charge in [-0.3, -0.25) is 0 Å². The molecular weight excluding hydrogens is 703 g/mol. The Balaban J connectivity index is 1.22. The molecule has 0 saturated carbocycles. The van der Waals surface area contributed by atoms with E-state index in [0.717, 1.165) is 27.6 Å². The molecule has 8 aromatic rings. The van der Waals surface area contributed by atoms with E-state index in [1.165, 1.54) is 78.2 Å². The first kappa shape index (κ1) is 36.4. The molecule has 0 unspecified atom stereocenters.